The van der Waals surface area contributed by atoms with Crippen LogP contribution in [0.25, 0.3) is 0 Å². The van der Waals surface area contributed by atoms with Gasteiger partial charge in [-0.15, -0.1) is 5.10 Å². The van der Waals surface area contributed by atoms with Crippen molar-refractivity contribution in [3.05, 3.63) is 5.89 Å². The molecule has 0 saturated carbocycles. The molecule has 1 saturated heterocycles. The molecular weight excluding hydrogens is 170 g/mol. The molecule has 13 heavy (non-hydrogen) atoms. The van der Waals surface area contributed by atoms with Gasteiger partial charge in [0, 0.05) is 20.0 Å². The number of nitrogens with zero attached hydrogens (tertiary/aromatic N) is 3. The Morgan fingerprint density at radius 2 is 2.08 bits per heavy atom. The molecule has 72 valence electrons. The van der Waals surface area contributed by atoms with Crippen molar-refractivity contribution in [3.8, 4) is 0 Å². The highest BCUT2D eigenvalue weighted by atomic mass is 16.4. The van der Waals surface area contributed by atoms with Crippen LogP contribution in [-0.4, -0.2) is 34.5 Å². The number of aliphatic hydroxyl groups excluding tert-OH is 1. The van der Waals surface area contributed by atoms with Crippen LogP contribution in [0.15, 0.2) is 4.42 Å². The normalized spacial score (nSPS) is 19.4. The Morgan fingerprint density at radius 1 is 1.38 bits per heavy atom. The van der Waals surface area contributed by atoms with Crippen LogP contribution in [-0.2, 0) is 0 Å². The molecule has 1 aliphatic rings. The van der Waals surface area contributed by atoms with Gasteiger partial charge in [-0.2, -0.15) is 0 Å². The number of aliphatic hydroxyl groups is 1. The predicted octanol–water partition coefficient (Wildman–Crippen LogP) is 0.339. The number of aromatic nitrogens is 2. The zero-order valence-corrected chi connectivity index (χ0v) is 7.60. The standard InChI is InChI=1S/C8H13N3O2/c1-6-9-10-8(13-6)11-4-2-7(12)3-5-11/h7,12H,2-5H2,1H3. The van der Waals surface area contributed by atoms with Crippen molar-refractivity contribution in [2.75, 3.05) is 18.0 Å². The summed E-state index contributed by atoms with van der Waals surface area (Å²) in [6, 6.07) is 0.574. The van der Waals surface area contributed by atoms with Gasteiger partial charge < -0.3 is 14.4 Å². The molecule has 1 fully saturated rings. The number of anilines is 1. The maximum atomic E-state index is 9.29. The lowest BCUT2D eigenvalue weighted by molar-refractivity contribution is 0.144. The molecule has 1 aliphatic heterocycles. The summed E-state index contributed by atoms with van der Waals surface area (Å²) in [6.45, 7) is 3.36. The van der Waals surface area contributed by atoms with Crippen LogP contribution < -0.4 is 4.90 Å². The SMILES string of the molecule is Cc1nnc(N2CCC(O)CC2)o1. The Kier molecular flexibility index (Phi) is 2.18. The van der Waals surface area contributed by atoms with Crippen molar-refractivity contribution in [1.29, 1.82) is 0 Å². The maximum Gasteiger partial charge on any atom is 0.318 e. The van der Waals surface area contributed by atoms with E-state index in [1.54, 1.807) is 6.92 Å². The molecule has 1 aromatic heterocycles. The molecule has 2 rings (SSSR count). The van der Waals surface area contributed by atoms with Gasteiger partial charge in [-0.25, -0.2) is 0 Å². The third-order valence-corrected chi connectivity index (χ3v) is 2.25. The molecule has 1 N–H and O–H groups in total. The summed E-state index contributed by atoms with van der Waals surface area (Å²) in [7, 11) is 0. The summed E-state index contributed by atoms with van der Waals surface area (Å²) in [5.74, 6) is 0.584. The lowest BCUT2D eigenvalue weighted by Gasteiger charge is -2.27. The molecular formula is C8H13N3O2. The minimum Gasteiger partial charge on any atom is -0.408 e. The monoisotopic (exact) mass is 183 g/mol. The third-order valence-electron chi connectivity index (χ3n) is 2.25. The van der Waals surface area contributed by atoms with E-state index in [4.69, 9.17) is 4.42 Å². The minimum absolute atomic E-state index is 0.166. The summed E-state index contributed by atoms with van der Waals surface area (Å²) in [6.07, 6.45) is 1.39. The quantitative estimate of drug-likeness (QED) is 0.680. The molecule has 0 aliphatic carbocycles. The van der Waals surface area contributed by atoms with Crippen LogP contribution in [0.4, 0.5) is 6.01 Å². The highest BCUT2D eigenvalue weighted by Crippen LogP contribution is 2.17. The minimum atomic E-state index is -0.166. The molecule has 0 unspecified atom stereocenters. The summed E-state index contributed by atoms with van der Waals surface area (Å²) in [5.41, 5.74) is 0. The smallest absolute Gasteiger partial charge is 0.318 e. The fourth-order valence-electron chi connectivity index (χ4n) is 1.47. The molecule has 0 spiro atoms. The first-order valence-electron chi connectivity index (χ1n) is 4.49. The van der Waals surface area contributed by atoms with E-state index in [-0.39, 0.29) is 6.10 Å². The fraction of sp³-hybridized carbons (Fsp3) is 0.750. The summed E-state index contributed by atoms with van der Waals surface area (Å²) in [4.78, 5) is 2.01. The van der Waals surface area contributed by atoms with E-state index in [0.717, 1.165) is 25.9 Å². The van der Waals surface area contributed by atoms with Crippen LogP contribution in [0.3, 0.4) is 0 Å². The van der Waals surface area contributed by atoms with Gasteiger partial charge >= 0.3 is 6.01 Å². The first kappa shape index (κ1) is 8.50. The Bertz CT molecular complexity index is 279. The number of aryl methyl sites for hydroxylation is 1. The lowest BCUT2D eigenvalue weighted by atomic mass is 10.1. The van der Waals surface area contributed by atoms with Gasteiger partial charge in [-0.1, -0.05) is 5.10 Å². The van der Waals surface area contributed by atoms with E-state index >= 15 is 0 Å². The molecule has 2 heterocycles. The largest absolute Gasteiger partial charge is 0.408 e. The van der Waals surface area contributed by atoms with Crippen molar-refractivity contribution >= 4 is 6.01 Å². The Labute approximate surface area is 76.4 Å². The van der Waals surface area contributed by atoms with Gasteiger partial charge in [-0.3, -0.25) is 0 Å². The molecule has 0 atom stereocenters. The Hall–Kier alpha value is -1.10. The average Bonchev–Trinajstić information content (AvgIpc) is 2.53. The molecule has 5 nitrogen and oxygen atoms in total. The van der Waals surface area contributed by atoms with E-state index in [2.05, 4.69) is 10.2 Å². The zero-order valence-electron chi connectivity index (χ0n) is 7.60. The van der Waals surface area contributed by atoms with Crippen molar-refractivity contribution in [2.24, 2.45) is 0 Å². The van der Waals surface area contributed by atoms with Crippen LogP contribution in [0.5, 0.6) is 0 Å². The van der Waals surface area contributed by atoms with E-state index in [1.165, 1.54) is 0 Å². The Morgan fingerprint density at radius 3 is 2.62 bits per heavy atom. The van der Waals surface area contributed by atoms with Crippen LogP contribution in [0.1, 0.15) is 18.7 Å². The highest BCUT2D eigenvalue weighted by molar-refractivity contribution is 5.24. The summed E-state index contributed by atoms with van der Waals surface area (Å²) in [5, 5.41) is 17.0. The van der Waals surface area contributed by atoms with Crippen LogP contribution in [0.2, 0.25) is 0 Å². The van der Waals surface area contributed by atoms with Gasteiger partial charge in [0.25, 0.3) is 0 Å². The van der Waals surface area contributed by atoms with Crippen molar-refractivity contribution < 1.29 is 9.52 Å². The third kappa shape index (κ3) is 1.80. The second-order valence-corrected chi connectivity index (χ2v) is 3.32. The fourth-order valence-corrected chi connectivity index (χ4v) is 1.47. The zero-order chi connectivity index (χ0) is 9.26. The molecule has 0 amide bonds. The van der Waals surface area contributed by atoms with Gasteiger partial charge in [0.05, 0.1) is 6.10 Å². The molecule has 0 aromatic carbocycles. The Balaban J connectivity index is 2.02. The van der Waals surface area contributed by atoms with E-state index < -0.39 is 0 Å². The summed E-state index contributed by atoms with van der Waals surface area (Å²) >= 11 is 0. The van der Waals surface area contributed by atoms with E-state index in [0.29, 0.717) is 11.9 Å². The maximum absolute atomic E-state index is 9.29. The van der Waals surface area contributed by atoms with Crippen molar-refractivity contribution in [1.82, 2.24) is 10.2 Å². The second-order valence-electron chi connectivity index (χ2n) is 3.32. The van der Waals surface area contributed by atoms with Gasteiger partial charge in [0.2, 0.25) is 5.89 Å². The van der Waals surface area contributed by atoms with Crippen LogP contribution >= 0.6 is 0 Å². The van der Waals surface area contributed by atoms with Crippen LogP contribution in [0, 0.1) is 6.92 Å². The number of piperidine rings is 1. The molecule has 0 radical (unpaired) electrons. The number of hydrogen-bond acceptors (Lipinski definition) is 5. The van der Waals surface area contributed by atoms with Crippen molar-refractivity contribution in [3.63, 3.8) is 0 Å². The highest BCUT2D eigenvalue weighted by Gasteiger charge is 2.20. The molecule has 1 aromatic rings. The first-order valence-corrected chi connectivity index (χ1v) is 4.49. The van der Waals surface area contributed by atoms with E-state index in [9.17, 15) is 5.11 Å². The first-order chi connectivity index (χ1) is 6.25. The number of hydrogen-bond donors (Lipinski definition) is 1. The van der Waals surface area contributed by atoms with Gasteiger partial charge in [0.1, 0.15) is 0 Å². The number of rotatable bonds is 1. The molecule has 5 heteroatoms. The summed E-state index contributed by atoms with van der Waals surface area (Å²) < 4.78 is 5.28. The van der Waals surface area contributed by atoms with Gasteiger partial charge in [0.15, 0.2) is 0 Å². The predicted molar refractivity (Wildman–Crippen MR) is 46.5 cm³/mol. The van der Waals surface area contributed by atoms with Gasteiger partial charge in [-0.05, 0) is 12.8 Å². The average molecular weight is 183 g/mol. The molecule has 0 bridgehead atoms. The van der Waals surface area contributed by atoms with E-state index in [1.807, 2.05) is 4.90 Å². The lowest BCUT2D eigenvalue weighted by Crippen LogP contribution is -2.35. The topological polar surface area (TPSA) is 62.4 Å². The van der Waals surface area contributed by atoms with Crippen molar-refractivity contribution in [2.45, 2.75) is 25.9 Å². The second kappa shape index (κ2) is 3.33.